The van der Waals surface area contributed by atoms with Crippen molar-refractivity contribution in [3.05, 3.63) is 29.8 Å². The normalized spacial score (nSPS) is 26.0. The third-order valence-corrected chi connectivity index (χ3v) is 5.27. The fraction of sp³-hybridized carbons (Fsp3) is 0.684. The standard InChI is InChI=1S/C19H30N2O2/c22-15-17-4-2-1-3-5-19(17)20-14-16-6-8-18(9-7-16)21-10-12-23-13-11-21/h6-9,17,19-20,22H,1-5,10-15H2. The van der Waals surface area contributed by atoms with Gasteiger partial charge in [0.1, 0.15) is 0 Å². The van der Waals surface area contributed by atoms with Crippen molar-refractivity contribution in [2.45, 2.75) is 44.7 Å². The van der Waals surface area contributed by atoms with Gasteiger partial charge in [0.15, 0.2) is 0 Å². The molecule has 1 aliphatic heterocycles. The lowest BCUT2D eigenvalue weighted by Crippen LogP contribution is -2.37. The van der Waals surface area contributed by atoms with Crippen LogP contribution in [-0.4, -0.2) is 44.1 Å². The Balaban J connectivity index is 1.53. The Labute approximate surface area is 139 Å². The first kappa shape index (κ1) is 16.7. The molecular formula is C19H30N2O2. The summed E-state index contributed by atoms with van der Waals surface area (Å²) >= 11 is 0. The van der Waals surface area contributed by atoms with E-state index in [1.807, 2.05) is 0 Å². The number of ether oxygens (including phenoxy) is 1. The van der Waals surface area contributed by atoms with Gasteiger partial charge in [0.2, 0.25) is 0 Å². The molecule has 1 heterocycles. The molecule has 0 amide bonds. The highest BCUT2D eigenvalue weighted by Gasteiger charge is 2.22. The molecule has 1 saturated carbocycles. The first-order valence-corrected chi connectivity index (χ1v) is 9.12. The van der Waals surface area contributed by atoms with Gasteiger partial charge in [-0.3, -0.25) is 0 Å². The van der Waals surface area contributed by atoms with Gasteiger partial charge in [0.25, 0.3) is 0 Å². The number of morpholine rings is 1. The highest BCUT2D eigenvalue weighted by molar-refractivity contribution is 5.47. The second kappa shape index (κ2) is 8.67. The molecule has 1 aromatic carbocycles. The fourth-order valence-corrected chi connectivity index (χ4v) is 3.77. The molecular weight excluding hydrogens is 288 g/mol. The quantitative estimate of drug-likeness (QED) is 0.819. The largest absolute Gasteiger partial charge is 0.396 e. The summed E-state index contributed by atoms with van der Waals surface area (Å²) < 4.78 is 5.41. The molecule has 4 heteroatoms. The van der Waals surface area contributed by atoms with E-state index >= 15 is 0 Å². The van der Waals surface area contributed by atoms with Crippen LogP contribution in [0.4, 0.5) is 5.69 Å². The van der Waals surface area contributed by atoms with Crippen LogP contribution in [-0.2, 0) is 11.3 Å². The van der Waals surface area contributed by atoms with Crippen LogP contribution in [0.25, 0.3) is 0 Å². The number of hydrogen-bond donors (Lipinski definition) is 2. The summed E-state index contributed by atoms with van der Waals surface area (Å²) in [6.07, 6.45) is 6.20. The van der Waals surface area contributed by atoms with Crippen LogP contribution < -0.4 is 10.2 Å². The van der Waals surface area contributed by atoms with Gasteiger partial charge < -0.3 is 20.1 Å². The first-order chi connectivity index (χ1) is 11.4. The average Bonchev–Trinajstić information content (AvgIpc) is 2.86. The van der Waals surface area contributed by atoms with Gasteiger partial charge >= 0.3 is 0 Å². The molecule has 2 fully saturated rings. The third-order valence-electron chi connectivity index (χ3n) is 5.27. The van der Waals surface area contributed by atoms with Crippen LogP contribution in [0.3, 0.4) is 0 Å². The van der Waals surface area contributed by atoms with E-state index in [1.54, 1.807) is 0 Å². The maximum absolute atomic E-state index is 9.61. The van der Waals surface area contributed by atoms with E-state index in [0.29, 0.717) is 18.6 Å². The van der Waals surface area contributed by atoms with Crippen LogP contribution in [0, 0.1) is 5.92 Å². The fourth-order valence-electron chi connectivity index (χ4n) is 3.77. The minimum absolute atomic E-state index is 0.313. The molecule has 2 atom stereocenters. The van der Waals surface area contributed by atoms with Crippen LogP contribution in [0.2, 0.25) is 0 Å². The van der Waals surface area contributed by atoms with Crippen molar-refractivity contribution in [3.8, 4) is 0 Å². The second-order valence-corrected chi connectivity index (χ2v) is 6.83. The zero-order valence-corrected chi connectivity index (χ0v) is 14.0. The van der Waals surface area contributed by atoms with Gasteiger partial charge in [0.05, 0.1) is 13.2 Å². The molecule has 0 spiro atoms. The molecule has 1 aromatic rings. The summed E-state index contributed by atoms with van der Waals surface area (Å²) in [6.45, 7) is 4.83. The van der Waals surface area contributed by atoms with Gasteiger partial charge in [-0.1, -0.05) is 31.4 Å². The molecule has 0 bridgehead atoms. The van der Waals surface area contributed by atoms with Crippen molar-refractivity contribution in [2.24, 2.45) is 5.92 Å². The van der Waals surface area contributed by atoms with Gasteiger partial charge in [-0.05, 0) is 36.5 Å². The molecule has 23 heavy (non-hydrogen) atoms. The Bertz CT molecular complexity index is 457. The van der Waals surface area contributed by atoms with E-state index in [4.69, 9.17) is 4.74 Å². The molecule has 128 valence electrons. The predicted octanol–water partition coefficient (Wildman–Crippen LogP) is 2.55. The van der Waals surface area contributed by atoms with Crippen LogP contribution in [0.1, 0.15) is 37.7 Å². The highest BCUT2D eigenvalue weighted by Crippen LogP contribution is 2.24. The summed E-state index contributed by atoms with van der Waals surface area (Å²) in [5.74, 6) is 0.421. The summed E-state index contributed by atoms with van der Waals surface area (Å²) in [6, 6.07) is 9.35. The van der Waals surface area contributed by atoms with E-state index in [1.165, 1.54) is 36.9 Å². The Morgan fingerprint density at radius 3 is 2.52 bits per heavy atom. The first-order valence-electron chi connectivity index (χ1n) is 9.12. The number of benzene rings is 1. The maximum Gasteiger partial charge on any atom is 0.0642 e. The van der Waals surface area contributed by atoms with E-state index in [0.717, 1.165) is 39.3 Å². The summed E-state index contributed by atoms with van der Waals surface area (Å²) in [5.41, 5.74) is 2.61. The van der Waals surface area contributed by atoms with Crippen molar-refractivity contribution in [1.29, 1.82) is 0 Å². The number of aliphatic hydroxyl groups excluding tert-OH is 1. The molecule has 2 N–H and O–H groups in total. The number of nitrogens with zero attached hydrogens (tertiary/aromatic N) is 1. The summed E-state index contributed by atoms with van der Waals surface area (Å²) in [7, 11) is 0. The number of aliphatic hydroxyl groups is 1. The monoisotopic (exact) mass is 318 g/mol. The Morgan fingerprint density at radius 1 is 1.04 bits per heavy atom. The minimum atomic E-state index is 0.313. The molecule has 2 aliphatic rings. The smallest absolute Gasteiger partial charge is 0.0642 e. The Morgan fingerprint density at radius 2 is 1.78 bits per heavy atom. The lowest BCUT2D eigenvalue weighted by atomic mass is 9.95. The molecule has 4 nitrogen and oxygen atoms in total. The molecule has 1 saturated heterocycles. The predicted molar refractivity (Wildman–Crippen MR) is 93.8 cm³/mol. The van der Waals surface area contributed by atoms with Crippen molar-refractivity contribution in [1.82, 2.24) is 5.32 Å². The third kappa shape index (κ3) is 4.69. The second-order valence-electron chi connectivity index (χ2n) is 6.83. The summed E-state index contributed by atoms with van der Waals surface area (Å²) in [4.78, 5) is 2.38. The van der Waals surface area contributed by atoms with Gasteiger partial charge in [-0.2, -0.15) is 0 Å². The lowest BCUT2D eigenvalue weighted by molar-refractivity contribution is 0.122. The Hall–Kier alpha value is -1.10. The van der Waals surface area contributed by atoms with Gasteiger partial charge in [-0.25, -0.2) is 0 Å². The van der Waals surface area contributed by atoms with Crippen molar-refractivity contribution < 1.29 is 9.84 Å². The van der Waals surface area contributed by atoms with Crippen molar-refractivity contribution in [3.63, 3.8) is 0 Å². The van der Waals surface area contributed by atoms with E-state index in [-0.39, 0.29) is 0 Å². The van der Waals surface area contributed by atoms with Crippen LogP contribution in [0.5, 0.6) is 0 Å². The molecule has 1 aliphatic carbocycles. The zero-order chi connectivity index (χ0) is 15.9. The van der Waals surface area contributed by atoms with E-state index < -0.39 is 0 Å². The van der Waals surface area contributed by atoms with Crippen molar-refractivity contribution in [2.75, 3.05) is 37.8 Å². The molecule has 0 radical (unpaired) electrons. The SMILES string of the molecule is OCC1CCCCCC1NCc1ccc(N2CCOCC2)cc1. The van der Waals surface area contributed by atoms with Gasteiger partial charge in [0, 0.05) is 38.0 Å². The van der Waals surface area contributed by atoms with Crippen LogP contribution in [0.15, 0.2) is 24.3 Å². The lowest BCUT2D eigenvalue weighted by Gasteiger charge is -2.29. The van der Waals surface area contributed by atoms with Crippen molar-refractivity contribution >= 4 is 5.69 Å². The molecule has 0 aromatic heterocycles. The number of rotatable bonds is 5. The maximum atomic E-state index is 9.61. The van der Waals surface area contributed by atoms with E-state index in [9.17, 15) is 5.11 Å². The average molecular weight is 318 g/mol. The Kier molecular flexibility index (Phi) is 6.31. The van der Waals surface area contributed by atoms with E-state index in [2.05, 4.69) is 34.5 Å². The number of anilines is 1. The zero-order valence-electron chi connectivity index (χ0n) is 14.0. The number of hydrogen-bond acceptors (Lipinski definition) is 4. The molecule has 3 rings (SSSR count). The highest BCUT2D eigenvalue weighted by atomic mass is 16.5. The molecule has 2 unspecified atom stereocenters. The minimum Gasteiger partial charge on any atom is -0.396 e. The van der Waals surface area contributed by atoms with Crippen LogP contribution >= 0.6 is 0 Å². The van der Waals surface area contributed by atoms with Gasteiger partial charge in [-0.15, -0.1) is 0 Å². The topological polar surface area (TPSA) is 44.7 Å². The summed E-state index contributed by atoms with van der Waals surface area (Å²) in [5, 5.41) is 13.3. The number of nitrogens with one attached hydrogen (secondary N) is 1.